The third kappa shape index (κ3) is 1.45. The van der Waals surface area contributed by atoms with Crippen LogP contribution in [0, 0.1) is 0 Å². The molecule has 0 aliphatic carbocycles. The van der Waals surface area contributed by atoms with Gasteiger partial charge in [0.25, 0.3) is 0 Å². The van der Waals surface area contributed by atoms with E-state index >= 15 is 0 Å². The standard InChI is InChI=1S/C8H10N2O2S/c1-10-3-5-6(4-10)13-7(9-5)8(11)12-2/h3-4H2,1-2H3/p+1. The second-order valence-corrected chi connectivity index (χ2v) is 4.23. The van der Waals surface area contributed by atoms with Gasteiger partial charge in [0.15, 0.2) is 0 Å². The summed E-state index contributed by atoms with van der Waals surface area (Å²) in [5, 5.41) is 0.598. The van der Waals surface area contributed by atoms with Crippen LogP contribution in [0.15, 0.2) is 0 Å². The Balaban J connectivity index is 2.26. The fraction of sp³-hybridized carbons (Fsp3) is 0.500. The third-order valence-electron chi connectivity index (χ3n) is 2.04. The SMILES string of the molecule is COC(=O)c1[nH+]c2c(s1)CN(C)C2. The van der Waals surface area contributed by atoms with Gasteiger partial charge in [0, 0.05) is 6.54 Å². The molecule has 4 nitrogen and oxygen atoms in total. The number of hydrogen-bond acceptors (Lipinski definition) is 4. The van der Waals surface area contributed by atoms with Crippen molar-refractivity contribution in [1.29, 1.82) is 0 Å². The number of hydrogen-bond donors (Lipinski definition) is 0. The third-order valence-corrected chi connectivity index (χ3v) is 3.13. The van der Waals surface area contributed by atoms with Gasteiger partial charge in [0.1, 0.15) is 0 Å². The van der Waals surface area contributed by atoms with Gasteiger partial charge in [-0.1, -0.05) is 11.3 Å². The minimum atomic E-state index is -0.276. The predicted molar refractivity (Wildman–Crippen MR) is 47.4 cm³/mol. The predicted octanol–water partition coefficient (Wildman–Crippen LogP) is 0.294. The summed E-state index contributed by atoms with van der Waals surface area (Å²) in [5.41, 5.74) is 1.15. The molecule has 2 rings (SSSR count). The molecule has 0 saturated carbocycles. The van der Waals surface area contributed by atoms with E-state index in [1.54, 1.807) is 0 Å². The summed E-state index contributed by atoms with van der Waals surface area (Å²) >= 11 is 1.49. The van der Waals surface area contributed by atoms with E-state index in [2.05, 4.69) is 21.7 Å². The number of aromatic nitrogens is 1. The van der Waals surface area contributed by atoms with Crippen molar-refractivity contribution >= 4 is 17.3 Å². The van der Waals surface area contributed by atoms with Crippen LogP contribution in [0.25, 0.3) is 0 Å². The molecule has 1 aliphatic rings. The first kappa shape index (κ1) is 8.65. The summed E-state index contributed by atoms with van der Waals surface area (Å²) < 4.78 is 4.63. The molecule has 0 radical (unpaired) electrons. The fourth-order valence-electron chi connectivity index (χ4n) is 1.43. The summed E-state index contributed by atoms with van der Waals surface area (Å²) in [4.78, 5) is 17.7. The van der Waals surface area contributed by atoms with Crippen LogP contribution >= 0.6 is 11.3 Å². The Labute approximate surface area is 80.1 Å². The molecule has 5 heteroatoms. The monoisotopic (exact) mass is 199 g/mol. The molecule has 0 unspecified atom stereocenters. The number of methoxy groups -OCH3 is 1. The van der Waals surface area contributed by atoms with Gasteiger partial charge in [-0.05, 0) is 7.05 Å². The number of nitrogens with zero attached hydrogens (tertiary/aromatic N) is 1. The molecule has 0 fully saturated rings. The number of aromatic amines is 1. The number of rotatable bonds is 1. The smallest absolute Gasteiger partial charge is 0.414 e. The van der Waals surface area contributed by atoms with Crippen LogP contribution in [-0.4, -0.2) is 25.0 Å². The van der Waals surface area contributed by atoms with E-state index in [4.69, 9.17) is 0 Å². The Morgan fingerprint density at radius 3 is 3.00 bits per heavy atom. The van der Waals surface area contributed by atoms with Crippen LogP contribution in [0.3, 0.4) is 0 Å². The Hall–Kier alpha value is -0.940. The Morgan fingerprint density at radius 2 is 2.38 bits per heavy atom. The Morgan fingerprint density at radius 1 is 1.62 bits per heavy atom. The van der Waals surface area contributed by atoms with Crippen molar-refractivity contribution in [2.24, 2.45) is 0 Å². The maximum atomic E-state index is 11.1. The van der Waals surface area contributed by atoms with Gasteiger partial charge < -0.3 is 4.74 Å². The summed E-state index contributed by atoms with van der Waals surface area (Å²) in [6.45, 7) is 1.82. The first-order valence-corrected chi connectivity index (χ1v) is 4.83. The van der Waals surface area contributed by atoms with Crippen LogP contribution in [0.4, 0.5) is 0 Å². The lowest BCUT2D eigenvalue weighted by Gasteiger charge is -2.01. The first-order valence-electron chi connectivity index (χ1n) is 4.01. The normalized spacial score (nSPS) is 15.8. The first-order chi connectivity index (χ1) is 6.20. The van der Waals surface area contributed by atoms with E-state index in [-0.39, 0.29) is 5.97 Å². The molecule has 0 atom stereocenters. The largest absolute Gasteiger partial charge is 0.460 e. The van der Waals surface area contributed by atoms with E-state index in [9.17, 15) is 4.79 Å². The molecule has 0 spiro atoms. The molecule has 1 N–H and O–H groups in total. The van der Waals surface area contributed by atoms with Gasteiger partial charge in [-0.15, -0.1) is 0 Å². The van der Waals surface area contributed by atoms with Crippen molar-refractivity contribution in [1.82, 2.24) is 4.90 Å². The zero-order valence-electron chi connectivity index (χ0n) is 7.59. The summed E-state index contributed by atoms with van der Waals surface area (Å²) in [6, 6.07) is 0. The molecule has 1 aliphatic heterocycles. The summed E-state index contributed by atoms with van der Waals surface area (Å²) in [6.07, 6.45) is 0. The van der Waals surface area contributed by atoms with Gasteiger partial charge >= 0.3 is 11.0 Å². The van der Waals surface area contributed by atoms with Crippen molar-refractivity contribution in [3.63, 3.8) is 0 Å². The number of carbonyl (C=O) groups is 1. The highest BCUT2D eigenvalue weighted by Gasteiger charge is 2.29. The molecule has 13 heavy (non-hydrogen) atoms. The molecule has 1 aromatic heterocycles. The average molecular weight is 199 g/mol. The molecule has 0 aromatic carbocycles. The van der Waals surface area contributed by atoms with Crippen LogP contribution < -0.4 is 4.98 Å². The van der Waals surface area contributed by atoms with Gasteiger partial charge in [0.05, 0.1) is 18.5 Å². The topological polar surface area (TPSA) is 43.7 Å². The van der Waals surface area contributed by atoms with E-state index < -0.39 is 0 Å². The molecular weight excluding hydrogens is 188 g/mol. The fourth-order valence-corrected chi connectivity index (χ4v) is 2.54. The number of carbonyl (C=O) groups excluding carboxylic acids is 1. The average Bonchev–Trinajstić information content (AvgIpc) is 2.59. The van der Waals surface area contributed by atoms with E-state index in [1.807, 2.05) is 0 Å². The van der Waals surface area contributed by atoms with Crippen LogP contribution in [0.1, 0.15) is 20.4 Å². The summed E-state index contributed by atoms with van der Waals surface area (Å²) in [7, 11) is 3.45. The van der Waals surface area contributed by atoms with Crippen LogP contribution in [-0.2, 0) is 17.8 Å². The van der Waals surface area contributed by atoms with Crippen molar-refractivity contribution in [3.05, 3.63) is 15.6 Å². The minimum absolute atomic E-state index is 0.276. The molecule has 70 valence electrons. The quantitative estimate of drug-likeness (QED) is 0.611. The zero-order valence-corrected chi connectivity index (χ0v) is 8.40. The number of H-pyrrole nitrogens is 1. The molecule has 1 aromatic rings. The maximum Gasteiger partial charge on any atom is 0.414 e. The van der Waals surface area contributed by atoms with Crippen LogP contribution in [0.5, 0.6) is 0 Å². The van der Waals surface area contributed by atoms with Gasteiger partial charge in [-0.2, -0.15) is 4.98 Å². The zero-order chi connectivity index (χ0) is 9.42. The molecule has 0 saturated heterocycles. The number of nitrogens with one attached hydrogen (secondary N) is 1. The highest BCUT2D eigenvalue weighted by Crippen LogP contribution is 2.24. The highest BCUT2D eigenvalue weighted by atomic mass is 32.1. The number of ether oxygens (including phenoxy) is 1. The van der Waals surface area contributed by atoms with E-state index in [0.717, 1.165) is 18.8 Å². The molecule has 0 bridgehead atoms. The van der Waals surface area contributed by atoms with Gasteiger partial charge in [-0.25, -0.2) is 4.79 Å². The molecular formula is C8H11N2O2S+. The number of fused-ring (bicyclic) bond motifs is 1. The number of thiazole rings is 1. The second kappa shape index (κ2) is 3.08. The lowest BCUT2D eigenvalue weighted by molar-refractivity contribution is -0.388. The minimum Gasteiger partial charge on any atom is -0.460 e. The van der Waals surface area contributed by atoms with Crippen LogP contribution in [0.2, 0.25) is 0 Å². The Bertz CT molecular complexity index is 324. The highest BCUT2D eigenvalue weighted by molar-refractivity contribution is 7.13. The van der Waals surface area contributed by atoms with Crippen molar-refractivity contribution < 1.29 is 14.5 Å². The van der Waals surface area contributed by atoms with Crippen molar-refractivity contribution in [2.45, 2.75) is 13.1 Å². The maximum absolute atomic E-state index is 11.1. The summed E-state index contributed by atoms with van der Waals surface area (Å²) in [5.74, 6) is -0.276. The molecule has 0 amide bonds. The van der Waals surface area contributed by atoms with E-state index in [1.165, 1.54) is 23.3 Å². The second-order valence-electron chi connectivity index (χ2n) is 3.12. The molecule has 2 heterocycles. The van der Waals surface area contributed by atoms with Gasteiger partial charge in [-0.3, -0.25) is 4.90 Å². The Kier molecular flexibility index (Phi) is 2.05. The van der Waals surface area contributed by atoms with E-state index in [0.29, 0.717) is 5.01 Å². The lowest BCUT2D eigenvalue weighted by Crippen LogP contribution is -2.19. The lowest BCUT2D eigenvalue weighted by atomic mass is 10.4. The van der Waals surface area contributed by atoms with Crippen molar-refractivity contribution in [3.8, 4) is 0 Å². The number of esters is 1. The van der Waals surface area contributed by atoms with Crippen molar-refractivity contribution in [2.75, 3.05) is 14.2 Å². The van der Waals surface area contributed by atoms with Gasteiger partial charge in [0.2, 0.25) is 5.69 Å².